The topological polar surface area (TPSA) is 53.0 Å². The summed E-state index contributed by atoms with van der Waals surface area (Å²) >= 11 is 0. The number of likely N-dealkylation sites (N-methyl/N-ethyl adjacent to an activating group) is 1. The van der Waals surface area contributed by atoms with Crippen molar-refractivity contribution in [2.75, 3.05) is 26.7 Å². The highest BCUT2D eigenvalue weighted by atomic mass is 16.5. The van der Waals surface area contributed by atoms with Gasteiger partial charge < -0.3 is 14.7 Å². The second-order valence-corrected chi connectivity index (χ2v) is 6.53. The Labute approximate surface area is 138 Å². The van der Waals surface area contributed by atoms with E-state index in [1.165, 1.54) is 0 Å². The number of hydrogen-bond donors (Lipinski definition) is 1. The first kappa shape index (κ1) is 17.8. The third-order valence-corrected chi connectivity index (χ3v) is 4.40. The maximum atomic E-state index is 12.4. The van der Waals surface area contributed by atoms with Crippen LogP contribution in [0.5, 0.6) is 5.75 Å². The molecule has 1 aliphatic heterocycles. The first-order chi connectivity index (χ1) is 11.0. The van der Waals surface area contributed by atoms with Crippen LogP contribution in [0, 0.1) is 0 Å². The van der Waals surface area contributed by atoms with Gasteiger partial charge in [0.15, 0.2) is 0 Å². The highest BCUT2D eigenvalue weighted by Crippen LogP contribution is 2.20. The number of para-hydroxylation sites is 1. The van der Waals surface area contributed by atoms with Gasteiger partial charge in [-0.05, 0) is 32.8 Å². The van der Waals surface area contributed by atoms with Crippen LogP contribution in [0.3, 0.4) is 0 Å². The average Bonchev–Trinajstić information content (AvgIpc) is 3.01. The van der Waals surface area contributed by atoms with Crippen molar-refractivity contribution < 1.29 is 14.6 Å². The molecule has 1 aromatic rings. The van der Waals surface area contributed by atoms with Gasteiger partial charge in [-0.2, -0.15) is 0 Å². The summed E-state index contributed by atoms with van der Waals surface area (Å²) in [6.45, 7) is 6.41. The quantitative estimate of drug-likeness (QED) is 0.837. The Kier molecular flexibility index (Phi) is 6.42. The third kappa shape index (κ3) is 5.22. The van der Waals surface area contributed by atoms with E-state index < -0.39 is 0 Å². The molecule has 1 N–H and O–H groups in total. The van der Waals surface area contributed by atoms with Gasteiger partial charge >= 0.3 is 0 Å². The smallest absolute Gasteiger partial charge is 0.236 e. The molecule has 1 aliphatic rings. The number of phenols is 1. The number of aromatic hydroxyl groups is 1. The van der Waals surface area contributed by atoms with Crippen molar-refractivity contribution >= 4 is 5.91 Å². The van der Waals surface area contributed by atoms with Crippen molar-refractivity contribution in [1.82, 2.24) is 9.80 Å². The fraction of sp³-hybridized carbons (Fsp3) is 0.611. The molecular weight excluding hydrogens is 292 g/mol. The number of amides is 1. The van der Waals surface area contributed by atoms with Crippen LogP contribution in [-0.2, 0) is 16.1 Å². The van der Waals surface area contributed by atoms with Crippen LogP contribution < -0.4 is 0 Å². The fourth-order valence-electron chi connectivity index (χ4n) is 2.74. The molecule has 1 atom stereocenters. The van der Waals surface area contributed by atoms with E-state index >= 15 is 0 Å². The van der Waals surface area contributed by atoms with E-state index in [1.54, 1.807) is 17.0 Å². The maximum absolute atomic E-state index is 12.4. The second kappa shape index (κ2) is 8.31. The lowest BCUT2D eigenvalue weighted by Gasteiger charge is -2.29. The monoisotopic (exact) mass is 320 g/mol. The zero-order valence-electron chi connectivity index (χ0n) is 14.4. The van der Waals surface area contributed by atoms with E-state index in [9.17, 15) is 9.90 Å². The molecule has 0 aromatic heterocycles. The molecule has 5 heteroatoms. The first-order valence-electron chi connectivity index (χ1n) is 8.34. The van der Waals surface area contributed by atoms with E-state index in [1.807, 2.05) is 33.0 Å². The van der Waals surface area contributed by atoms with Crippen molar-refractivity contribution in [1.29, 1.82) is 0 Å². The Hall–Kier alpha value is -1.59. The molecule has 1 amide bonds. The van der Waals surface area contributed by atoms with Crippen LogP contribution in [0.2, 0.25) is 0 Å². The Morgan fingerprint density at radius 1 is 1.39 bits per heavy atom. The van der Waals surface area contributed by atoms with Gasteiger partial charge in [0.2, 0.25) is 5.91 Å². The van der Waals surface area contributed by atoms with Crippen LogP contribution in [0.1, 0.15) is 32.3 Å². The summed E-state index contributed by atoms with van der Waals surface area (Å²) in [5, 5.41) is 10.00. The SMILES string of the molecule is CC(C)N(C)C(=O)CN(Cc1ccccc1O)CC1CCCO1. The molecule has 1 fully saturated rings. The minimum atomic E-state index is 0.0911. The number of benzene rings is 1. The molecule has 23 heavy (non-hydrogen) atoms. The van der Waals surface area contributed by atoms with E-state index in [2.05, 4.69) is 4.90 Å². The molecule has 0 bridgehead atoms. The van der Waals surface area contributed by atoms with Crippen LogP contribution in [0.25, 0.3) is 0 Å². The maximum Gasteiger partial charge on any atom is 0.236 e. The highest BCUT2D eigenvalue weighted by Gasteiger charge is 2.23. The standard InChI is InChI=1S/C18H28N2O3/c1-14(2)19(3)18(22)13-20(12-16-8-6-10-23-16)11-15-7-4-5-9-17(15)21/h4-5,7,9,14,16,21H,6,8,10-13H2,1-3H3. The first-order valence-corrected chi connectivity index (χ1v) is 8.34. The molecule has 1 aromatic carbocycles. The van der Waals surface area contributed by atoms with Gasteiger partial charge in [0.05, 0.1) is 12.6 Å². The van der Waals surface area contributed by atoms with Gasteiger partial charge in [-0.1, -0.05) is 18.2 Å². The number of rotatable bonds is 7. The molecule has 0 saturated carbocycles. The number of carbonyl (C=O) groups excluding carboxylic acids is 1. The molecular formula is C18H28N2O3. The number of hydrogen-bond acceptors (Lipinski definition) is 4. The summed E-state index contributed by atoms with van der Waals surface area (Å²) < 4.78 is 5.71. The van der Waals surface area contributed by atoms with Crippen LogP contribution in [-0.4, -0.2) is 59.7 Å². The average molecular weight is 320 g/mol. The van der Waals surface area contributed by atoms with Gasteiger partial charge in [-0.15, -0.1) is 0 Å². The molecule has 2 rings (SSSR count). The minimum absolute atomic E-state index is 0.0911. The Bertz CT molecular complexity index is 513. The van der Waals surface area contributed by atoms with Crippen LogP contribution >= 0.6 is 0 Å². The fourth-order valence-corrected chi connectivity index (χ4v) is 2.74. The van der Waals surface area contributed by atoms with Gasteiger partial charge in [0.1, 0.15) is 5.75 Å². The molecule has 0 radical (unpaired) electrons. The van der Waals surface area contributed by atoms with Gasteiger partial charge in [0.25, 0.3) is 0 Å². The lowest BCUT2D eigenvalue weighted by molar-refractivity contribution is -0.133. The zero-order valence-corrected chi connectivity index (χ0v) is 14.4. The number of phenolic OH excluding ortho intramolecular Hbond substituents is 1. The molecule has 1 saturated heterocycles. The summed E-state index contributed by atoms with van der Waals surface area (Å²) in [6.07, 6.45) is 2.29. The number of nitrogens with zero attached hydrogens (tertiary/aromatic N) is 2. The van der Waals surface area contributed by atoms with Gasteiger partial charge in [0, 0.05) is 38.3 Å². The minimum Gasteiger partial charge on any atom is -0.508 e. The summed E-state index contributed by atoms with van der Waals surface area (Å²) in [5.74, 6) is 0.364. The van der Waals surface area contributed by atoms with Gasteiger partial charge in [-0.3, -0.25) is 9.69 Å². The van der Waals surface area contributed by atoms with Crippen molar-refractivity contribution in [3.63, 3.8) is 0 Å². The third-order valence-electron chi connectivity index (χ3n) is 4.40. The summed E-state index contributed by atoms with van der Waals surface area (Å²) in [7, 11) is 1.83. The molecule has 5 nitrogen and oxygen atoms in total. The van der Waals surface area contributed by atoms with Crippen molar-refractivity contribution in [3.05, 3.63) is 29.8 Å². The van der Waals surface area contributed by atoms with Crippen molar-refractivity contribution in [2.45, 2.75) is 45.4 Å². The largest absolute Gasteiger partial charge is 0.508 e. The lowest BCUT2D eigenvalue weighted by Crippen LogP contribution is -2.43. The second-order valence-electron chi connectivity index (χ2n) is 6.53. The van der Waals surface area contributed by atoms with E-state index in [-0.39, 0.29) is 23.8 Å². The van der Waals surface area contributed by atoms with Crippen molar-refractivity contribution in [2.24, 2.45) is 0 Å². The predicted octanol–water partition coefficient (Wildman–Crippen LogP) is 2.24. The Balaban J connectivity index is 2.04. The van der Waals surface area contributed by atoms with E-state index in [4.69, 9.17) is 4.74 Å². The predicted molar refractivity (Wildman–Crippen MR) is 90.3 cm³/mol. The summed E-state index contributed by atoms with van der Waals surface area (Å²) in [5.41, 5.74) is 0.838. The molecule has 0 aliphatic carbocycles. The number of carbonyl (C=O) groups is 1. The lowest BCUT2D eigenvalue weighted by atomic mass is 10.1. The Morgan fingerprint density at radius 3 is 2.74 bits per heavy atom. The van der Waals surface area contributed by atoms with Crippen molar-refractivity contribution in [3.8, 4) is 5.75 Å². The Morgan fingerprint density at radius 2 is 2.13 bits per heavy atom. The molecule has 128 valence electrons. The van der Waals surface area contributed by atoms with Gasteiger partial charge in [-0.25, -0.2) is 0 Å². The van der Waals surface area contributed by atoms with Crippen LogP contribution in [0.4, 0.5) is 0 Å². The van der Waals surface area contributed by atoms with Crippen LogP contribution in [0.15, 0.2) is 24.3 Å². The normalized spacial score (nSPS) is 17.9. The molecule has 1 heterocycles. The molecule has 0 spiro atoms. The zero-order chi connectivity index (χ0) is 16.8. The molecule has 1 unspecified atom stereocenters. The summed E-state index contributed by atoms with van der Waals surface area (Å²) in [4.78, 5) is 16.3. The number of ether oxygens (including phenoxy) is 1. The van der Waals surface area contributed by atoms with E-state index in [0.29, 0.717) is 19.6 Å². The van der Waals surface area contributed by atoms with E-state index in [0.717, 1.165) is 25.0 Å². The highest BCUT2D eigenvalue weighted by molar-refractivity contribution is 5.78. The summed E-state index contributed by atoms with van der Waals surface area (Å²) in [6, 6.07) is 7.47.